The third-order valence-corrected chi connectivity index (χ3v) is 2.65. The Bertz CT molecular complexity index is 648. The Kier molecular flexibility index (Phi) is 2.53. The second kappa shape index (κ2) is 4.33. The van der Waals surface area contributed by atoms with Crippen molar-refractivity contribution in [3.8, 4) is 22.6 Å². The van der Waals surface area contributed by atoms with Crippen LogP contribution in [0.2, 0.25) is 0 Å². The van der Waals surface area contributed by atoms with Gasteiger partial charge in [-0.1, -0.05) is 30.3 Å². The van der Waals surface area contributed by atoms with Crippen molar-refractivity contribution >= 4 is 5.95 Å². The lowest BCUT2D eigenvalue weighted by Crippen LogP contribution is -1.98. The molecule has 3 aromatic rings. The number of furan rings is 1. The molecule has 0 aliphatic carbocycles. The largest absolute Gasteiger partial charge is 0.463 e. The van der Waals surface area contributed by atoms with Crippen LogP contribution in [0.15, 0.2) is 59.3 Å². The number of rotatable bonds is 2. The van der Waals surface area contributed by atoms with E-state index in [1.807, 2.05) is 42.5 Å². The van der Waals surface area contributed by atoms with E-state index in [1.165, 1.54) is 0 Å². The van der Waals surface area contributed by atoms with E-state index in [-0.39, 0.29) is 5.95 Å². The summed E-state index contributed by atoms with van der Waals surface area (Å²) in [7, 11) is 0. The van der Waals surface area contributed by atoms with Crippen molar-refractivity contribution in [3.63, 3.8) is 0 Å². The van der Waals surface area contributed by atoms with Crippen molar-refractivity contribution in [3.05, 3.63) is 54.9 Å². The molecule has 2 N–H and O–H groups in total. The zero-order chi connectivity index (χ0) is 12.4. The van der Waals surface area contributed by atoms with Crippen molar-refractivity contribution in [1.29, 1.82) is 0 Å². The first-order chi connectivity index (χ1) is 8.84. The van der Waals surface area contributed by atoms with Crippen molar-refractivity contribution in [2.24, 2.45) is 0 Å². The van der Waals surface area contributed by atoms with E-state index in [2.05, 4.69) is 9.97 Å². The van der Waals surface area contributed by atoms with Crippen molar-refractivity contribution < 1.29 is 4.42 Å². The van der Waals surface area contributed by atoms with Crippen LogP contribution in [0.5, 0.6) is 0 Å². The van der Waals surface area contributed by atoms with Crippen LogP contribution >= 0.6 is 0 Å². The molecule has 2 aromatic heterocycles. The Morgan fingerprint density at radius 2 is 1.83 bits per heavy atom. The molecule has 88 valence electrons. The molecular formula is C14H11N3O. The summed E-state index contributed by atoms with van der Waals surface area (Å²) in [6.07, 6.45) is 3.33. The summed E-state index contributed by atoms with van der Waals surface area (Å²) in [4.78, 5) is 8.32. The second-order valence-electron chi connectivity index (χ2n) is 3.83. The van der Waals surface area contributed by atoms with Crippen molar-refractivity contribution in [2.45, 2.75) is 0 Å². The van der Waals surface area contributed by atoms with E-state index < -0.39 is 0 Å². The molecule has 0 fully saturated rings. The number of nitrogen functional groups attached to an aromatic ring is 1. The van der Waals surface area contributed by atoms with E-state index in [0.29, 0.717) is 11.5 Å². The quantitative estimate of drug-likeness (QED) is 0.744. The summed E-state index contributed by atoms with van der Waals surface area (Å²) in [5.74, 6) is 0.920. The summed E-state index contributed by atoms with van der Waals surface area (Å²) < 4.78 is 5.39. The molecule has 0 spiro atoms. The summed E-state index contributed by atoms with van der Waals surface area (Å²) >= 11 is 0. The summed E-state index contributed by atoms with van der Waals surface area (Å²) in [5.41, 5.74) is 8.29. The zero-order valence-electron chi connectivity index (χ0n) is 9.58. The van der Waals surface area contributed by atoms with Gasteiger partial charge in [0, 0.05) is 11.8 Å². The molecule has 1 aromatic carbocycles. The van der Waals surface area contributed by atoms with Gasteiger partial charge in [0.25, 0.3) is 0 Å². The standard InChI is InChI=1S/C14H11N3O/c15-14-16-9-11(10-5-2-1-3-6-10)13(17-14)12-7-4-8-18-12/h1-9H,(H2,15,16,17). The fourth-order valence-corrected chi connectivity index (χ4v) is 1.83. The molecule has 0 unspecified atom stereocenters. The Balaban J connectivity index is 2.21. The average molecular weight is 237 g/mol. The van der Waals surface area contributed by atoms with Gasteiger partial charge in [-0.3, -0.25) is 0 Å². The molecule has 0 bridgehead atoms. The maximum atomic E-state index is 5.65. The van der Waals surface area contributed by atoms with Gasteiger partial charge in [-0.2, -0.15) is 0 Å². The normalized spacial score (nSPS) is 10.4. The van der Waals surface area contributed by atoms with Gasteiger partial charge in [0.05, 0.1) is 6.26 Å². The Morgan fingerprint density at radius 3 is 2.56 bits per heavy atom. The SMILES string of the molecule is Nc1ncc(-c2ccccc2)c(-c2ccco2)n1. The van der Waals surface area contributed by atoms with Gasteiger partial charge >= 0.3 is 0 Å². The van der Waals surface area contributed by atoms with E-state index in [9.17, 15) is 0 Å². The first-order valence-corrected chi connectivity index (χ1v) is 5.56. The van der Waals surface area contributed by atoms with Crippen LogP contribution in [-0.4, -0.2) is 9.97 Å². The maximum absolute atomic E-state index is 5.65. The molecule has 0 saturated carbocycles. The molecule has 0 saturated heterocycles. The van der Waals surface area contributed by atoms with Crippen molar-refractivity contribution in [1.82, 2.24) is 9.97 Å². The number of hydrogen-bond acceptors (Lipinski definition) is 4. The van der Waals surface area contributed by atoms with Gasteiger partial charge in [0.2, 0.25) is 5.95 Å². The maximum Gasteiger partial charge on any atom is 0.220 e. The second-order valence-corrected chi connectivity index (χ2v) is 3.83. The lowest BCUT2D eigenvalue weighted by atomic mass is 10.0. The molecule has 0 aliphatic heterocycles. The van der Waals surface area contributed by atoms with E-state index >= 15 is 0 Å². The Labute approximate surface area is 104 Å². The average Bonchev–Trinajstić information content (AvgIpc) is 2.93. The van der Waals surface area contributed by atoms with E-state index in [1.54, 1.807) is 12.5 Å². The predicted molar refractivity (Wildman–Crippen MR) is 69.6 cm³/mol. The first kappa shape index (κ1) is 10.5. The minimum atomic E-state index is 0.237. The number of hydrogen-bond donors (Lipinski definition) is 1. The lowest BCUT2D eigenvalue weighted by molar-refractivity contribution is 0.580. The minimum absolute atomic E-state index is 0.237. The molecule has 0 aliphatic rings. The fourth-order valence-electron chi connectivity index (χ4n) is 1.83. The molecule has 0 radical (unpaired) electrons. The minimum Gasteiger partial charge on any atom is -0.463 e. The number of anilines is 1. The number of nitrogens with zero attached hydrogens (tertiary/aromatic N) is 2. The molecule has 2 heterocycles. The topological polar surface area (TPSA) is 64.9 Å². The number of nitrogens with two attached hydrogens (primary N) is 1. The number of benzene rings is 1. The molecular weight excluding hydrogens is 226 g/mol. The predicted octanol–water partition coefficient (Wildman–Crippen LogP) is 2.99. The van der Waals surface area contributed by atoms with Crippen LogP contribution in [0.4, 0.5) is 5.95 Å². The summed E-state index contributed by atoms with van der Waals surface area (Å²) in [5, 5.41) is 0. The van der Waals surface area contributed by atoms with Crippen LogP contribution in [0.25, 0.3) is 22.6 Å². The van der Waals surface area contributed by atoms with Crippen molar-refractivity contribution in [2.75, 3.05) is 5.73 Å². The highest BCUT2D eigenvalue weighted by molar-refractivity contribution is 5.78. The van der Waals surface area contributed by atoms with Gasteiger partial charge < -0.3 is 10.2 Å². The highest BCUT2D eigenvalue weighted by Crippen LogP contribution is 2.30. The highest BCUT2D eigenvalue weighted by atomic mass is 16.3. The van der Waals surface area contributed by atoms with Crippen LogP contribution < -0.4 is 5.73 Å². The zero-order valence-corrected chi connectivity index (χ0v) is 9.58. The molecule has 3 rings (SSSR count). The van der Waals surface area contributed by atoms with Gasteiger partial charge in [0.1, 0.15) is 5.69 Å². The summed E-state index contributed by atoms with van der Waals surface area (Å²) in [6.45, 7) is 0. The van der Waals surface area contributed by atoms with E-state index in [4.69, 9.17) is 10.2 Å². The van der Waals surface area contributed by atoms with Gasteiger partial charge in [-0.15, -0.1) is 0 Å². The van der Waals surface area contributed by atoms with E-state index in [0.717, 1.165) is 11.1 Å². The molecule has 0 amide bonds. The monoisotopic (exact) mass is 237 g/mol. The van der Waals surface area contributed by atoms with Crippen LogP contribution in [0.3, 0.4) is 0 Å². The van der Waals surface area contributed by atoms with Gasteiger partial charge in [-0.25, -0.2) is 9.97 Å². The van der Waals surface area contributed by atoms with Crippen LogP contribution in [0, 0.1) is 0 Å². The highest BCUT2D eigenvalue weighted by Gasteiger charge is 2.12. The lowest BCUT2D eigenvalue weighted by Gasteiger charge is -2.06. The third kappa shape index (κ3) is 1.84. The van der Waals surface area contributed by atoms with Crippen LogP contribution in [-0.2, 0) is 0 Å². The summed E-state index contributed by atoms with van der Waals surface area (Å²) in [6, 6.07) is 13.6. The molecule has 18 heavy (non-hydrogen) atoms. The Morgan fingerprint density at radius 1 is 1.00 bits per heavy atom. The fraction of sp³-hybridized carbons (Fsp3) is 0. The molecule has 4 nitrogen and oxygen atoms in total. The Hall–Kier alpha value is -2.62. The first-order valence-electron chi connectivity index (χ1n) is 5.56. The molecule has 0 atom stereocenters. The number of aromatic nitrogens is 2. The molecule has 4 heteroatoms. The van der Waals surface area contributed by atoms with Gasteiger partial charge in [0.15, 0.2) is 5.76 Å². The smallest absolute Gasteiger partial charge is 0.220 e. The third-order valence-electron chi connectivity index (χ3n) is 2.65. The van der Waals surface area contributed by atoms with Crippen LogP contribution in [0.1, 0.15) is 0 Å². The van der Waals surface area contributed by atoms with Gasteiger partial charge in [-0.05, 0) is 17.7 Å².